The Morgan fingerprint density at radius 2 is 1.82 bits per heavy atom. The lowest BCUT2D eigenvalue weighted by Crippen LogP contribution is -2.42. The number of ether oxygens (including phenoxy) is 2. The molecule has 2 amide bonds. The number of amides is 2. The molecule has 1 atom stereocenters. The number of rotatable bonds is 9. The average molecular weight is 545 g/mol. The third-order valence-corrected chi connectivity index (χ3v) is 6.79. The van der Waals surface area contributed by atoms with Gasteiger partial charge in [0.2, 0.25) is 11.9 Å². The highest BCUT2D eigenvalue weighted by atomic mass is 35.5. The Hall–Kier alpha value is -4.14. The number of para-hydroxylation sites is 1. The molecule has 39 heavy (non-hydrogen) atoms. The van der Waals surface area contributed by atoms with E-state index in [0.717, 1.165) is 29.8 Å². The topological polar surface area (TPSA) is 85.7 Å². The summed E-state index contributed by atoms with van der Waals surface area (Å²) in [5.41, 5.74) is 2.86. The summed E-state index contributed by atoms with van der Waals surface area (Å²) in [7, 11) is 1.62. The second-order valence-corrected chi connectivity index (χ2v) is 9.70. The zero-order valence-electron chi connectivity index (χ0n) is 21.5. The highest BCUT2D eigenvalue weighted by Gasteiger charge is 2.26. The molecule has 200 valence electrons. The highest BCUT2D eigenvalue weighted by molar-refractivity contribution is 6.30. The fraction of sp³-hybridized carbons (Fsp3) is 0.233. The molecule has 0 radical (unpaired) electrons. The fourth-order valence-corrected chi connectivity index (χ4v) is 4.65. The van der Waals surface area contributed by atoms with E-state index >= 15 is 0 Å². The van der Waals surface area contributed by atoms with E-state index in [1.165, 1.54) is 4.90 Å². The van der Waals surface area contributed by atoms with Crippen LogP contribution in [0, 0.1) is 0 Å². The first-order chi connectivity index (χ1) is 19.0. The van der Waals surface area contributed by atoms with Gasteiger partial charge in [-0.1, -0.05) is 29.8 Å². The predicted octanol–water partition coefficient (Wildman–Crippen LogP) is 5.46. The molecule has 1 aliphatic rings. The van der Waals surface area contributed by atoms with Gasteiger partial charge in [0, 0.05) is 41.2 Å². The Labute approximate surface area is 232 Å². The van der Waals surface area contributed by atoms with Gasteiger partial charge in [-0.25, -0.2) is 4.98 Å². The minimum Gasteiger partial charge on any atom is -0.497 e. The predicted molar refractivity (Wildman–Crippen MR) is 151 cm³/mol. The first kappa shape index (κ1) is 26.5. The maximum Gasteiger partial charge on any atom is 0.254 e. The number of anilines is 1. The van der Waals surface area contributed by atoms with Crippen molar-refractivity contribution in [1.82, 2.24) is 14.5 Å². The number of hydrogen-bond acceptors (Lipinski definition) is 5. The quantitative estimate of drug-likeness (QED) is 0.302. The molecule has 2 heterocycles. The Balaban J connectivity index is 1.40. The van der Waals surface area contributed by atoms with Gasteiger partial charge in [0.25, 0.3) is 5.91 Å². The van der Waals surface area contributed by atoms with Crippen LogP contribution in [0.15, 0.2) is 85.1 Å². The number of benzene rings is 3. The van der Waals surface area contributed by atoms with Crippen molar-refractivity contribution in [2.45, 2.75) is 18.9 Å². The van der Waals surface area contributed by atoms with Gasteiger partial charge in [-0.3, -0.25) is 19.5 Å². The summed E-state index contributed by atoms with van der Waals surface area (Å²) >= 11 is 6.01. The second kappa shape index (κ2) is 12.1. The molecule has 4 aromatic rings. The normalized spacial score (nSPS) is 14.7. The van der Waals surface area contributed by atoms with Crippen molar-refractivity contribution >= 4 is 29.4 Å². The average Bonchev–Trinajstić information content (AvgIpc) is 3.63. The number of nitrogens with zero attached hydrogens (tertiary/aromatic N) is 3. The number of carbonyl (C=O) groups excluding carboxylic acids is 2. The van der Waals surface area contributed by atoms with E-state index in [1.807, 2.05) is 65.4 Å². The van der Waals surface area contributed by atoms with Gasteiger partial charge in [-0.15, -0.1) is 0 Å². The zero-order valence-corrected chi connectivity index (χ0v) is 22.3. The summed E-state index contributed by atoms with van der Waals surface area (Å²) in [5.74, 6) is 0.474. The van der Waals surface area contributed by atoms with Gasteiger partial charge in [0.15, 0.2) is 0 Å². The van der Waals surface area contributed by atoms with Crippen LogP contribution in [-0.2, 0) is 9.53 Å². The smallest absolute Gasteiger partial charge is 0.254 e. The van der Waals surface area contributed by atoms with Crippen LogP contribution in [-0.4, -0.2) is 59.2 Å². The van der Waals surface area contributed by atoms with E-state index in [-0.39, 0.29) is 24.5 Å². The molecule has 1 saturated heterocycles. The summed E-state index contributed by atoms with van der Waals surface area (Å²) < 4.78 is 12.9. The molecule has 1 fully saturated rings. The fourth-order valence-electron chi connectivity index (χ4n) is 4.52. The third-order valence-electron chi connectivity index (χ3n) is 6.54. The molecular formula is C30H29ClN4O4. The zero-order chi connectivity index (χ0) is 27.2. The van der Waals surface area contributed by atoms with Crippen molar-refractivity contribution in [2.24, 2.45) is 0 Å². The lowest BCUT2D eigenvalue weighted by molar-refractivity contribution is -0.117. The molecule has 1 N–H and O–H groups in total. The molecule has 0 bridgehead atoms. The van der Waals surface area contributed by atoms with Crippen molar-refractivity contribution < 1.29 is 19.1 Å². The van der Waals surface area contributed by atoms with E-state index in [9.17, 15) is 9.59 Å². The minimum atomic E-state index is -0.362. The van der Waals surface area contributed by atoms with Crippen molar-refractivity contribution in [3.63, 3.8) is 0 Å². The maximum absolute atomic E-state index is 13.4. The van der Waals surface area contributed by atoms with Crippen LogP contribution in [0.25, 0.3) is 16.9 Å². The van der Waals surface area contributed by atoms with Gasteiger partial charge in [-0.05, 0) is 73.5 Å². The molecular weight excluding hydrogens is 516 g/mol. The number of hydrogen-bond donors (Lipinski definition) is 1. The summed E-state index contributed by atoms with van der Waals surface area (Å²) in [4.78, 5) is 33.0. The lowest BCUT2D eigenvalue weighted by atomic mass is 10.1. The Bertz CT molecular complexity index is 1420. The first-order valence-corrected chi connectivity index (χ1v) is 13.1. The van der Waals surface area contributed by atoms with Crippen molar-refractivity contribution in [3.05, 3.63) is 95.6 Å². The summed E-state index contributed by atoms with van der Waals surface area (Å²) in [5, 5.41) is 3.46. The lowest BCUT2D eigenvalue weighted by Gasteiger charge is -2.25. The maximum atomic E-state index is 13.4. The van der Waals surface area contributed by atoms with E-state index < -0.39 is 0 Å². The SMILES string of the molecule is COc1ccc(-c2cn(-c3ccccc3)c(NC(=O)CN(CC3CCCO3)C(=O)c3ccc(Cl)cc3)n2)cc1. The first-order valence-electron chi connectivity index (χ1n) is 12.8. The molecule has 1 aliphatic heterocycles. The minimum absolute atomic E-state index is 0.109. The molecule has 0 aliphatic carbocycles. The molecule has 8 nitrogen and oxygen atoms in total. The number of aromatic nitrogens is 2. The van der Waals surface area contributed by atoms with Gasteiger partial charge in [0.05, 0.1) is 18.9 Å². The molecule has 1 aromatic heterocycles. The van der Waals surface area contributed by atoms with Gasteiger partial charge < -0.3 is 14.4 Å². The van der Waals surface area contributed by atoms with Crippen LogP contribution in [0.3, 0.4) is 0 Å². The number of halogens is 1. The number of carbonyl (C=O) groups is 2. The standard InChI is InChI=1S/C30H29ClN4O4/c1-38-25-15-11-21(12-16-25)27-19-35(24-6-3-2-4-7-24)30(32-27)33-28(36)20-34(18-26-8-5-17-39-26)29(37)22-9-13-23(31)14-10-22/h2-4,6-7,9-16,19,26H,5,8,17-18,20H2,1H3,(H,32,33,36). The van der Waals surface area contributed by atoms with Crippen LogP contribution < -0.4 is 10.1 Å². The summed E-state index contributed by atoms with van der Waals surface area (Å²) in [6, 6.07) is 23.8. The van der Waals surface area contributed by atoms with E-state index in [2.05, 4.69) is 5.32 Å². The molecule has 9 heteroatoms. The van der Waals surface area contributed by atoms with Crippen LogP contribution in [0.2, 0.25) is 5.02 Å². The molecule has 1 unspecified atom stereocenters. The molecule has 5 rings (SSSR count). The van der Waals surface area contributed by atoms with Crippen LogP contribution in [0.1, 0.15) is 23.2 Å². The summed E-state index contributed by atoms with van der Waals surface area (Å²) in [6.07, 6.45) is 3.54. The molecule has 0 saturated carbocycles. The van der Waals surface area contributed by atoms with Crippen molar-refractivity contribution in [2.75, 3.05) is 32.1 Å². The number of nitrogens with one attached hydrogen (secondary N) is 1. The number of methoxy groups -OCH3 is 1. The van der Waals surface area contributed by atoms with E-state index in [0.29, 0.717) is 35.4 Å². The third kappa shape index (κ3) is 6.47. The molecule has 0 spiro atoms. The second-order valence-electron chi connectivity index (χ2n) is 9.26. The Kier molecular flexibility index (Phi) is 8.24. The van der Waals surface area contributed by atoms with E-state index in [1.54, 1.807) is 31.4 Å². The van der Waals surface area contributed by atoms with Crippen LogP contribution in [0.5, 0.6) is 5.75 Å². The highest BCUT2D eigenvalue weighted by Crippen LogP contribution is 2.26. The van der Waals surface area contributed by atoms with Gasteiger partial charge in [-0.2, -0.15) is 0 Å². The van der Waals surface area contributed by atoms with E-state index in [4.69, 9.17) is 26.1 Å². The van der Waals surface area contributed by atoms with Gasteiger partial charge in [0.1, 0.15) is 12.3 Å². The van der Waals surface area contributed by atoms with Crippen LogP contribution >= 0.6 is 11.6 Å². The van der Waals surface area contributed by atoms with Crippen molar-refractivity contribution in [1.29, 1.82) is 0 Å². The Morgan fingerprint density at radius 3 is 2.49 bits per heavy atom. The molecule has 3 aromatic carbocycles. The van der Waals surface area contributed by atoms with Crippen molar-refractivity contribution in [3.8, 4) is 22.7 Å². The largest absolute Gasteiger partial charge is 0.497 e. The Morgan fingerprint density at radius 1 is 1.08 bits per heavy atom. The van der Waals surface area contributed by atoms with Crippen LogP contribution in [0.4, 0.5) is 5.95 Å². The van der Waals surface area contributed by atoms with Gasteiger partial charge >= 0.3 is 0 Å². The summed E-state index contributed by atoms with van der Waals surface area (Å²) in [6.45, 7) is 0.822. The number of imidazole rings is 1. The monoisotopic (exact) mass is 544 g/mol.